The van der Waals surface area contributed by atoms with Crippen molar-refractivity contribution in [3.8, 4) is 0 Å². The van der Waals surface area contributed by atoms with E-state index in [1.807, 2.05) is 16.5 Å². The minimum Gasteiger partial charge on any atom is -0.465 e. The second-order valence-corrected chi connectivity index (χ2v) is 6.93. The van der Waals surface area contributed by atoms with Crippen molar-refractivity contribution in [1.29, 1.82) is 0 Å². The summed E-state index contributed by atoms with van der Waals surface area (Å²) in [6, 6.07) is -0.106. The van der Waals surface area contributed by atoms with Crippen LogP contribution in [-0.4, -0.2) is 44.4 Å². The fourth-order valence-corrected chi connectivity index (χ4v) is 4.00. The van der Waals surface area contributed by atoms with Crippen LogP contribution in [0.2, 0.25) is 0 Å². The number of anilines is 1. The molecule has 3 aliphatic rings. The molecule has 1 saturated carbocycles. The summed E-state index contributed by atoms with van der Waals surface area (Å²) in [7, 11) is 0. The molecular formula is C15H20N4O3. The van der Waals surface area contributed by atoms with E-state index in [1.54, 1.807) is 6.20 Å². The number of carboxylic acid groups (broad SMARTS) is 1. The van der Waals surface area contributed by atoms with Crippen molar-refractivity contribution < 1.29 is 14.7 Å². The number of carbonyl (C=O) groups excluding carboxylic acids is 1. The molecule has 0 aromatic carbocycles. The molecule has 1 atom stereocenters. The summed E-state index contributed by atoms with van der Waals surface area (Å²) in [5.74, 6) is 0.149. The highest BCUT2D eigenvalue weighted by atomic mass is 16.4. The van der Waals surface area contributed by atoms with Gasteiger partial charge < -0.3 is 10.0 Å². The lowest BCUT2D eigenvalue weighted by Crippen LogP contribution is -2.44. The molecule has 4 rings (SSSR count). The van der Waals surface area contributed by atoms with E-state index < -0.39 is 6.09 Å². The van der Waals surface area contributed by atoms with E-state index in [-0.39, 0.29) is 17.4 Å². The van der Waals surface area contributed by atoms with Crippen molar-refractivity contribution in [1.82, 2.24) is 14.7 Å². The second-order valence-electron chi connectivity index (χ2n) is 6.93. The summed E-state index contributed by atoms with van der Waals surface area (Å²) in [5, 5.41) is 13.7. The third-order valence-electron chi connectivity index (χ3n) is 5.49. The van der Waals surface area contributed by atoms with E-state index in [2.05, 4.69) is 5.10 Å². The minimum absolute atomic E-state index is 0.106. The van der Waals surface area contributed by atoms with Crippen LogP contribution in [0.1, 0.15) is 38.3 Å². The van der Waals surface area contributed by atoms with Gasteiger partial charge in [-0.05, 0) is 25.2 Å². The molecule has 3 heterocycles. The molecule has 0 radical (unpaired) electrons. The second kappa shape index (κ2) is 4.47. The van der Waals surface area contributed by atoms with E-state index in [4.69, 9.17) is 0 Å². The Morgan fingerprint density at radius 3 is 2.82 bits per heavy atom. The van der Waals surface area contributed by atoms with Crippen LogP contribution in [0.3, 0.4) is 0 Å². The lowest BCUT2D eigenvalue weighted by Gasteiger charge is -2.37. The van der Waals surface area contributed by atoms with Gasteiger partial charge in [-0.2, -0.15) is 5.10 Å². The molecule has 2 aliphatic heterocycles. The third-order valence-corrected chi connectivity index (χ3v) is 5.49. The first kappa shape index (κ1) is 13.6. The molecular weight excluding hydrogens is 284 g/mol. The highest BCUT2D eigenvalue weighted by Crippen LogP contribution is 2.49. The van der Waals surface area contributed by atoms with Crippen LogP contribution in [0.4, 0.5) is 10.5 Å². The molecule has 1 aromatic heterocycles. The zero-order chi connectivity index (χ0) is 15.5. The highest BCUT2D eigenvalue weighted by molar-refractivity contribution is 5.97. The molecule has 118 valence electrons. The van der Waals surface area contributed by atoms with Crippen LogP contribution in [0.25, 0.3) is 0 Å². The summed E-state index contributed by atoms with van der Waals surface area (Å²) < 4.78 is 1.85. The summed E-state index contributed by atoms with van der Waals surface area (Å²) in [6.07, 6.45) is 4.87. The van der Waals surface area contributed by atoms with Crippen molar-refractivity contribution >= 4 is 17.7 Å². The largest absolute Gasteiger partial charge is 0.465 e. The zero-order valence-corrected chi connectivity index (χ0v) is 12.7. The van der Waals surface area contributed by atoms with Gasteiger partial charge in [0.25, 0.3) is 0 Å². The van der Waals surface area contributed by atoms with Gasteiger partial charge in [-0.3, -0.25) is 14.4 Å². The van der Waals surface area contributed by atoms with E-state index >= 15 is 0 Å². The number of fused-ring (bicyclic) bond motifs is 1. The maximum absolute atomic E-state index is 12.4. The van der Waals surface area contributed by atoms with Crippen molar-refractivity contribution in [3.05, 3.63) is 11.9 Å². The summed E-state index contributed by atoms with van der Waals surface area (Å²) >= 11 is 0. The molecule has 1 spiro atoms. The van der Waals surface area contributed by atoms with Gasteiger partial charge in [-0.25, -0.2) is 4.79 Å². The van der Waals surface area contributed by atoms with Crippen LogP contribution in [-0.2, 0) is 17.9 Å². The summed E-state index contributed by atoms with van der Waals surface area (Å²) in [5.41, 5.74) is 1.80. The normalized spacial score (nSPS) is 26.2. The first-order valence-corrected chi connectivity index (χ1v) is 7.84. The molecule has 1 aromatic rings. The molecule has 7 heteroatoms. The van der Waals surface area contributed by atoms with Gasteiger partial charge in [0.05, 0.1) is 36.7 Å². The van der Waals surface area contributed by atoms with E-state index in [0.29, 0.717) is 19.5 Å². The van der Waals surface area contributed by atoms with Crippen LogP contribution in [0.5, 0.6) is 0 Å². The highest BCUT2D eigenvalue weighted by Gasteiger charge is 2.48. The lowest BCUT2D eigenvalue weighted by molar-refractivity contribution is -0.118. The average molecular weight is 304 g/mol. The molecule has 0 unspecified atom stereocenters. The van der Waals surface area contributed by atoms with Gasteiger partial charge in [0.15, 0.2) is 0 Å². The topological polar surface area (TPSA) is 78.7 Å². The molecule has 1 N–H and O–H groups in total. The minimum atomic E-state index is -0.922. The Balaban J connectivity index is 1.65. The molecule has 0 bridgehead atoms. The van der Waals surface area contributed by atoms with Crippen molar-refractivity contribution in [2.75, 3.05) is 11.4 Å². The number of aromatic nitrogens is 2. The fraction of sp³-hybridized carbons (Fsp3) is 0.667. The van der Waals surface area contributed by atoms with Gasteiger partial charge >= 0.3 is 6.09 Å². The van der Waals surface area contributed by atoms with Crippen LogP contribution in [0, 0.1) is 5.41 Å². The van der Waals surface area contributed by atoms with E-state index in [1.165, 1.54) is 11.3 Å². The third kappa shape index (κ3) is 1.84. The fourth-order valence-electron chi connectivity index (χ4n) is 4.00. The van der Waals surface area contributed by atoms with Crippen molar-refractivity contribution in [2.24, 2.45) is 5.41 Å². The van der Waals surface area contributed by atoms with Crippen LogP contribution < -0.4 is 4.90 Å². The molecule has 7 nitrogen and oxygen atoms in total. The molecule has 1 aliphatic carbocycles. The maximum Gasteiger partial charge on any atom is 0.407 e. The smallest absolute Gasteiger partial charge is 0.407 e. The Morgan fingerprint density at radius 1 is 1.45 bits per heavy atom. The quantitative estimate of drug-likeness (QED) is 0.856. The Labute approximate surface area is 128 Å². The standard InChI is InChI=1S/C15H20N4O3/c1-10-7-19-12(8-17(10)14(21)22)11(6-16-19)18-9-15(3-2-4-15)5-13(18)20/h6,10H,2-5,7-9H2,1H3,(H,21,22)/t10-/m0/s1. The molecule has 22 heavy (non-hydrogen) atoms. The van der Waals surface area contributed by atoms with Crippen LogP contribution >= 0.6 is 0 Å². The lowest BCUT2D eigenvalue weighted by atomic mass is 9.68. The van der Waals surface area contributed by atoms with E-state index in [0.717, 1.165) is 30.8 Å². The summed E-state index contributed by atoms with van der Waals surface area (Å²) in [6.45, 7) is 3.47. The number of carbonyl (C=O) groups is 2. The maximum atomic E-state index is 12.4. The first-order chi connectivity index (χ1) is 10.5. The van der Waals surface area contributed by atoms with Gasteiger partial charge in [0.2, 0.25) is 5.91 Å². The number of nitrogens with zero attached hydrogens (tertiary/aromatic N) is 4. The number of hydrogen-bond donors (Lipinski definition) is 1. The Hall–Kier alpha value is -2.05. The SMILES string of the molecule is C[C@H]1Cn2ncc(N3CC4(CCC4)CC3=O)c2CN1C(=O)O. The molecule has 2 fully saturated rings. The van der Waals surface area contributed by atoms with Gasteiger partial charge in [-0.15, -0.1) is 0 Å². The average Bonchev–Trinajstić information content (AvgIpc) is 2.97. The van der Waals surface area contributed by atoms with Crippen LogP contribution in [0.15, 0.2) is 6.20 Å². The number of rotatable bonds is 1. The van der Waals surface area contributed by atoms with Crippen molar-refractivity contribution in [3.63, 3.8) is 0 Å². The van der Waals surface area contributed by atoms with Gasteiger partial charge in [0, 0.05) is 13.0 Å². The molecule has 1 saturated heterocycles. The summed E-state index contributed by atoms with van der Waals surface area (Å²) in [4.78, 5) is 27.0. The van der Waals surface area contributed by atoms with Gasteiger partial charge in [0.1, 0.15) is 0 Å². The Bertz CT molecular complexity index is 649. The Kier molecular flexibility index (Phi) is 2.76. The van der Waals surface area contributed by atoms with Gasteiger partial charge in [-0.1, -0.05) is 6.42 Å². The molecule has 2 amide bonds. The first-order valence-electron chi connectivity index (χ1n) is 7.84. The number of hydrogen-bond acceptors (Lipinski definition) is 3. The Morgan fingerprint density at radius 2 is 2.23 bits per heavy atom. The number of amides is 2. The van der Waals surface area contributed by atoms with Crippen molar-refractivity contribution in [2.45, 2.75) is 51.7 Å². The zero-order valence-electron chi connectivity index (χ0n) is 12.7. The monoisotopic (exact) mass is 304 g/mol. The predicted molar refractivity (Wildman–Crippen MR) is 78.5 cm³/mol. The van der Waals surface area contributed by atoms with E-state index in [9.17, 15) is 14.7 Å². The predicted octanol–water partition coefficient (Wildman–Crippen LogP) is 1.67.